The first-order chi connectivity index (χ1) is 18.1. The minimum absolute atomic E-state index is 0.0638. The number of aryl methyl sites for hydroxylation is 2. The second-order valence-electron chi connectivity index (χ2n) is 9.04. The number of rotatable bonds is 11. The van der Waals surface area contributed by atoms with Gasteiger partial charge in [-0.2, -0.15) is 0 Å². The maximum absolute atomic E-state index is 13.9. The Balaban J connectivity index is 2.04. The summed E-state index contributed by atoms with van der Waals surface area (Å²) in [4.78, 5) is 28.1. The molecule has 0 unspecified atom stereocenters. The molecule has 0 spiro atoms. The number of carbonyl (C=O) groups is 2. The minimum atomic E-state index is -4.11. The van der Waals surface area contributed by atoms with Gasteiger partial charge in [-0.1, -0.05) is 42.0 Å². The van der Waals surface area contributed by atoms with Crippen molar-refractivity contribution in [2.24, 2.45) is 0 Å². The van der Waals surface area contributed by atoms with E-state index in [1.165, 1.54) is 24.1 Å². The number of anilines is 1. The molecule has 1 N–H and O–H groups in total. The van der Waals surface area contributed by atoms with Crippen LogP contribution in [0.5, 0.6) is 5.75 Å². The van der Waals surface area contributed by atoms with Crippen LogP contribution in [0, 0.1) is 13.8 Å². The number of hydrogen-bond donors (Lipinski definition) is 1. The van der Waals surface area contributed by atoms with Crippen molar-refractivity contribution in [3.63, 3.8) is 0 Å². The number of carbonyl (C=O) groups excluding carboxylic acids is 2. The highest BCUT2D eigenvalue weighted by Gasteiger charge is 2.32. The summed E-state index contributed by atoms with van der Waals surface area (Å²) in [5, 5.41) is 2.76. The Hall–Kier alpha value is -3.85. The van der Waals surface area contributed by atoms with Crippen molar-refractivity contribution in [1.82, 2.24) is 10.2 Å². The molecule has 8 nitrogen and oxygen atoms in total. The minimum Gasteiger partial charge on any atom is -0.497 e. The van der Waals surface area contributed by atoms with Crippen LogP contribution in [-0.2, 0) is 26.2 Å². The van der Waals surface area contributed by atoms with Crippen LogP contribution in [-0.4, -0.2) is 51.4 Å². The molecule has 0 aliphatic rings. The molecule has 1 atom stereocenters. The fourth-order valence-corrected chi connectivity index (χ4v) is 5.40. The molecular weight excluding hydrogens is 502 g/mol. The molecule has 9 heteroatoms. The summed E-state index contributed by atoms with van der Waals surface area (Å²) in [7, 11) is -2.59. The molecule has 3 aromatic rings. The summed E-state index contributed by atoms with van der Waals surface area (Å²) in [6.45, 7) is 7.33. The van der Waals surface area contributed by atoms with E-state index in [2.05, 4.69) is 5.32 Å². The van der Waals surface area contributed by atoms with E-state index in [1.807, 2.05) is 38.1 Å². The molecule has 38 heavy (non-hydrogen) atoms. The highest BCUT2D eigenvalue weighted by Crippen LogP contribution is 2.27. The lowest BCUT2D eigenvalue weighted by molar-refractivity contribution is -0.139. The van der Waals surface area contributed by atoms with Crippen LogP contribution < -0.4 is 14.4 Å². The summed E-state index contributed by atoms with van der Waals surface area (Å²) in [6.07, 6.45) is 0. The van der Waals surface area contributed by atoms with Crippen LogP contribution in [0.2, 0.25) is 0 Å². The van der Waals surface area contributed by atoms with Gasteiger partial charge in [0.05, 0.1) is 17.7 Å². The second kappa shape index (κ2) is 12.6. The van der Waals surface area contributed by atoms with Gasteiger partial charge in [0, 0.05) is 13.1 Å². The number of ether oxygens (including phenoxy) is 1. The molecule has 0 heterocycles. The SMILES string of the molecule is CCNC(=O)[C@H](C)N(Cc1ccccc1C)C(=O)CN(c1ccc(OC)cc1)S(=O)(=O)c1ccc(C)cc1. The number of benzene rings is 3. The van der Waals surface area contributed by atoms with Crippen molar-refractivity contribution < 1.29 is 22.7 Å². The maximum Gasteiger partial charge on any atom is 0.264 e. The van der Waals surface area contributed by atoms with Gasteiger partial charge in [0.25, 0.3) is 10.0 Å². The van der Waals surface area contributed by atoms with E-state index >= 15 is 0 Å². The number of methoxy groups -OCH3 is 1. The van der Waals surface area contributed by atoms with Crippen LogP contribution in [0.15, 0.2) is 77.7 Å². The number of nitrogens with zero attached hydrogens (tertiary/aromatic N) is 2. The van der Waals surface area contributed by atoms with Gasteiger partial charge in [0.2, 0.25) is 11.8 Å². The first kappa shape index (κ1) is 28.7. The highest BCUT2D eigenvalue weighted by atomic mass is 32.2. The Morgan fingerprint density at radius 3 is 2.16 bits per heavy atom. The second-order valence-corrected chi connectivity index (χ2v) is 10.9. The third kappa shape index (κ3) is 6.72. The van der Waals surface area contributed by atoms with Gasteiger partial charge in [-0.3, -0.25) is 13.9 Å². The molecule has 3 aromatic carbocycles. The van der Waals surface area contributed by atoms with Crippen LogP contribution in [0.4, 0.5) is 5.69 Å². The molecule has 0 aromatic heterocycles. The zero-order chi connectivity index (χ0) is 27.9. The summed E-state index contributed by atoms with van der Waals surface area (Å²) in [6, 6.07) is 19.7. The molecule has 2 amide bonds. The Kier molecular flexibility index (Phi) is 9.52. The fourth-order valence-electron chi connectivity index (χ4n) is 3.99. The monoisotopic (exact) mass is 537 g/mol. The Bertz CT molecular complexity index is 1360. The predicted octanol–water partition coefficient (Wildman–Crippen LogP) is 4.06. The average molecular weight is 538 g/mol. The van der Waals surface area contributed by atoms with E-state index < -0.39 is 28.5 Å². The first-order valence-electron chi connectivity index (χ1n) is 12.4. The van der Waals surface area contributed by atoms with Crippen molar-refractivity contribution in [3.05, 3.63) is 89.5 Å². The van der Waals surface area contributed by atoms with Crippen molar-refractivity contribution in [2.75, 3.05) is 24.5 Å². The number of amides is 2. The molecule has 0 bridgehead atoms. The summed E-state index contributed by atoms with van der Waals surface area (Å²) >= 11 is 0. The lowest BCUT2D eigenvalue weighted by Crippen LogP contribution is -2.51. The van der Waals surface area contributed by atoms with Gasteiger partial charge in [0.1, 0.15) is 18.3 Å². The van der Waals surface area contributed by atoms with E-state index in [-0.39, 0.29) is 17.3 Å². The van der Waals surface area contributed by atoms with Gasteiger partial charge in [-0.25, -0.2) is 8.42 Å². The van der Waals surface area contributed by atoms with E-state index in [0.29, 0.717) is 18.0 Å². The Morgan fingerprint density at radius 1 is 0.947 bits per heavy atom. The van der Waals surface area contributed by atoms with Crippen LogP contribution >= 0.6 is 0 Å². The number of hydrogen-bond acceptors (Lipinski definition) is 5. The van der Waals surface area contributed by atoms with Crippen molar-refractivity contribution >= 4 is 27.5 Å². The molecule has 0 saturated carbocycles. The molecule has 0 radical (unpaired) electrons. The third-order valence-electron chi connectivity index (χ3n) is 6.37. The average Bonchev–Trinajstić information content (AvgIpc) is 2.91. The fraction of sp³-hybridized carbons (Fsp3) is 0.310. The van der Waals surface area contributed by atoms with E-state index in [4.69, 9.17) is 4.74 Å². The molecular formula is C29H35N3O5S. The highest BCUT2D eigenvalue weighted by molar-refractivity contribution is 7.92. The largest absolute Gasteiger partial charge is 0.497 e. The predicted molar refractivity (Wildman–Crippen MR) is 149 cm³/mol. The van der Waals surface area contributed by atoms with Crippen molar-refractivity contribution in [3.8, 4) is 5.75 Å². The number of likely N-dealkylation sites (N-methyl/N-ethyl adjacent to an activating group) is 1. The number of sulfonamides is 1. The van der Waals surface area contributed by atoms with Crippen molar-refractivity contribution in [2.45, 2.75) is 45.2 Å². The van der Waals surface area contributed by atoms with Gasteiger partial charge < -0.3 is 15.0 Å². The van der Waals surface area contributed by atoms with Crippen molar-refractivity contribution in [1.29, 1.82) is 0 Å². The number of nitrogens with one attached hydrogen (secondary N) is 1. The van der Waals surface area contributed by atoms with E-state index in [9.17, 15) is 18.0 Å². The van der Waals surface area contributed by atoms with Gasteiger partial charge >= 0.3 is 0 Å². The maximum atomic E-state index is 13.9. The Labute approximate surface area is 225 Å². The Morgan fingerprint density at radius 2 is 1.58 bits per heavy atom. The molecule has 0 aliphatic carbocycles. The molecule has 0 aliphatic heterocycles. The molecule has 0 fully saturated rings. The quantitative estimate of drug-likeness (QED) is 0.398. The molecule has 0 saturated heterocycles. The standard InChI is InChI=1S/C29H35N3O5S/c1-6-30-29(34)23(4)31(19-24-10-8-7-9-22(24)3)28(33)20-32(25-13-15-26(37-5)16-14-25)38(35,36)27-17-11-21(2)12-18-27/h7-18,23H,6,19-20H2,1-5H3,(H,30,34)/t23-/m0/s1. The smallest absolute Gasteiger partial charge is 0.264 e. The van der Waals surface area contributed by atoms with Crippen LogP contribution in [0.25, 0.3) is 0 Å². The van der Waals surface area contributed by atoms with Crippen LogP contribution in [0.1, 0.15) is 30.5 Å². The molecule has 202 valence electrons. The van der Waals surface area contributed by atoms with Gasteiger partial charge in [-0.05, 0) is 75.2 Å². The lowest BCUT2D eigenvalue weighted by atomic mass is 10.1. The lowest BCUT2D eigenvalue weighted by Gasteiger charge is -2.32. The normalized spacial score (nSPS) is 11.9. The zero-order valence-electron chi connectivity index (χ0n) is 22.5. The topological polar surface area (TPSA) is 96.0 Å². The van der Waals surface area contributed by atoms with E-state index in [0.717, 1.165) is 21.0 Å². The summed E-state index contributed by atoms with van der Waals surface area (Å²) < 4.78 is 33.9. The zero-order valence-corrected chi connectivity index (χ0v) is 23.3. The third-order valence-corrected chi connectivity index (χ3v) is 8.16. The van der Waals surface area contributed by atoms with Crippen LogP contribution in [0.3, 0.4) is 0 Å². The first-order valence-corrected chi connectivity index (χ1v) is 13.9. The summed E-state index contributed by atoms with van der Waals surface area (Å²) in [5.74, 6) is -0.260. The summed E-state index contributed by atoms with van der Waals surface area (Å²) in [5.41, 5.74) is 3.06. The van der Waals surface area contributed by atoms with Gasteiger partial charge in [-0.15, -0.1) is 0 Å². The van der Waals surface area contributed by atoms with Gasteiger partial charge in [0.15, 0.2) is 0 Å². The van der Waals surface area contributed by atoms with E-state index in [1.54, 1.807) is 50.2 Å². The molecule has 3 rings (SSSR count).